The third-order valence-corrected chi connectivity index (χ3v) is 3.70. The summed E-state index contributed by atoms with van der Waals surface area (Å²) < 4.78 is 5.49. The predicted octanol–water partition coefficient (Wildman–Crippen LogP) is 0.655. The number of aliphatic hydroxyl groups is 1. The third kappa shape index (κ3) is 1.49. The van der Waals surface area contributed by atoms with Crippen LogP contribution in [-0.2, 0) is 4.74 Å². The molecule has 0 unspecified atom stereocenters. The molecule has 2 aliphatic rings. The lowest BCUT2D eigenvalue weighted by Gasteiger charge is -2.46. The molecule has 1 saturated heterocycles. The minimum atomic E-state index is -0.325. The van der Waals surface area contributed by atoms with Crippen molar-refractivity contribution in [2.75, 3.05) is 13.2 Å². The molecule has 1 saturated carbocycles. The molecular weight excluding hydrogens is 166 g/mol. The highest BCUT2D eigenvalue weighted by molar-refractivity contribution is 4.98. The summed E-state index contributed by atoms with van der Waals surface area (Å²) in [5.74, 6) is 0. The van der Waals surface area contributed by atoms with Crippen molar-refractivity contribution in [1.29, 1.82) is 0 Å². The quantitative estimate of drug-likeness (QED) is 0.679. The van der Waals surface area contributed by atoms with Gasteiger partial charge in [-0.25, -0.2) is 0 Å². The zero-order valence-corrected chi connectivity index (χ0v) is 8.04. The maximum atomic E-state index is 10.1. The van der Waals surface area contributed by atoms with E-state index in [0.717, 1.165) is 32.3 Å². The molecular formula is C10H19NO2. The first-order chi connectivity index (χ1) is 6.28. The number of ether oxygens (including phenoxy) is 1. The van der Waals surface area contributed by atoms with Crippen molar-refractivity contribution in [2.45, 2.75) is 44.3 Å². The van der Waals surface area contributed by atoms with Gasteiger partial charge >= 0.3 is 0 Å². The van der Waals surface area contributed by atoms with Gasteiger partial charge in [0.25, 0.3) is 0 Å². The Labute approximate surface area is 79.3 Å². The van der Waals surface area contributed by atoms with Crippen LogP contribution in [0.15, 0.2) is 0 Å². The molecule has 2 atom stereocenters. The van der Waals surface area contributed by atoms with Crippen LogP contribution in [-0.4, -0.2) is 30.5 Å². The second-order valence-corrected chi connectivity index (χ2v) is 4.42. The Bertz CT molecular complexity index is 168. The molecule has 3 N–H and O–H groups in total. The summed E-state index contributed by atoms with van der Waals surface area (Å²) in [5.41, 5.74) is 5.72. The SMILES string of the molecule is NCC1([C@H](O)[C@@H]2CCCO2)CCC1. The van der Waals surface area contributed by atoms with E-state index < -0.39 is 0 Å². The Morgan fingerprint density at radius 1 is 1.46 bits per heavy atom. The number of aliphatic hydroxyl groups excluding tert-OH is 1. The summed E-state index contributed by atoms with van der Waals surface area (Å²) in [6.45, 7) is 1.41. The van der Waals surface area contributed by atoms with Gasteiger partial charge in [-0.15, -0.1) is 0 Å². The lowest BCUT2D eigenvalue weighted by Crippen LogP contribution is -2.52. The van der Waals surface area contributed by atoms with Gasteiger partial charge in [0.1, 0.15) is 0 Å². The zero-order valence-electron chi connectivity index (χ0n) is 8.04. The number of hydrogen-bond acceptors (Lipinski definition) is 3. The maximum Gasteiger partial charge on any atom is 0.0869 e. The Hall–Kier alpha value is -0.120. The second kappa shape index (κ2) is 3.56. The molecule has 0 bridgehead atoms. The van der Waals surface area contributed by atoms with Crippen molar-refractivity contribution in [3.8, 4) is 0 Å². The zero-order chi connectivity index (χ0) is 9.31. The van der Waals surface area contributed by atoms with Crippen LogP contribution in [0.4, 0.5) is 0 Å². The average Bonchev–Trinajstić information content (AvgIpc) is 2.54. The molecule has 0 aromatic heterocycles. The molecule has 2 fully saturated rings. The number of nitrogens with two attached hydrogens (primary N) is 1. The topological polar surface area (TPSA) is 55.5 Å². The highest BCUT2D eigenvalue weighted by Crippen LogP contribution is 2.45. The standard InChI is InChI=1S/C10H19NO2/c11-7-10(4-2-5-10)9(12)8-3-1-6-13-8/h8-9,12H,1-7,11H2/t8-,9+/m0/s1. The molecule has 3 heteroatoms. The van der Waals surface area contributed by atoms with Crippen LogP contribution in [0.1, 0.15) is 32.1 Å². The van der Waals surface area contributed by atoms with E-state index >= 15 is 0 Å². The van der Waals surface area contributed by atoms with E-state index in [0.29, 0.717) is 6.54 Å². The van der Waals surface area contributed by atoms with E-state index in [1.165, 1.54) is 6.42 Å². The van der Waals surface area contributed by atoms with Crippen molar-refractivity contribution in [3.63, 3.8) is 0 Å². The molecule has 13 heavy (non-hydrogen) atoms. The van der Waals surface area contributed by atoms with Gasteiger partial charge in [-0.2, -0.15) is 0 Å². The van der Waals surface area contributed by atoms with E-state index in [4.69, 9.17) is 10.5 Å². The molecule has 1 heterocycles. The molecule has 0 aromatic carbocycles. The Morgan fingerprint density at radius 3 is 2.62 bits per heavy atom. The largest absolute Gasteiger partial charge is 0.390 e. The van der Waals surface area contributed by atoms with Crippen molar-refractivity contribution in [3.05, 3.63) is 0 Å². The van der Waals surface area contributed by atoms with Gasteiger partial charge in [0.2, 0.25) is 0 Å². The van der Waals surface area contributed by atoms with E-state index in [-0.39, 0.29) is 17.6 Å². The summed E-state index contributed by atoms with van der Waals surface area (Å²) in [6, 6.07) is 0. The van der Waals surface area contributed by atoms with Crippen molar-refractivity contribution in [2.24, 2.45) is 11.1 Å². The fourth-order valence-electron chi connectivity index (χ4n) is 2.50. The second-order valence-electron chi connectivity index (χ2n) is 4.42. The molecule has 0 amide bonds. The molecule has 1 aliphatic heterocycles. The van der Waals surface area contributed by atoms with E-state index in [2.05, 4.69) is 0 Å². The summed E-state index contributed by atoms with van der Waals surface area (Å²) in [5, 5.41) is 10.1. The van der Waals surface area contributed by atoms with Crippen LogP contribution >= 0.6 is 0 Å². The molecule has 2 rings (SSSR count). The van der Waals surface area contributed by atoms with Crippen LogP contribution in [0.3, 0.4) is 0 Å². The maximum absolute atomic E-state index is 10.1. The molecule has 1 aliphatic carbocycles. The molecule has 0 radical (unpaired) electrons. The smallest absolute Gasteiger partial charge is 0.0869 e. The summed E-state index contributed by atoms with van der Waals surface area (Å²) in [6.07, 6.45) is 5.18. The van der Waals surface area contributed by atoms with Crippen LogP contribution in [0.25, 0.3) is 0 Å². The first-order valence-corrected chi connectivity index (χ1v) is 5.28. The first kappa shape index (κ1) is 9.44. The van der Waals surface area contributed by atoms with Gasteiger partial charge in [-0.05, 0) is 25.7 Å². The summed E-state index contributed by atoms with van der Waals surface area (Å²) in [4.78, 5) is 0. The Morgan fingerprint density at radius 2 is 2.23 bits per heavy atom. The number of hydrogen-bond donors (Lipinski definition) is 2. The minimum absolute atomic E-state index is 0.00495. The highest BCUT2D eigenvalue weighted by atomic mass is 16.5. The first-order valence-electron chi connectivity index (χ1n) is 5.28. The predicted molar refractivity (Wildman–Crippen MR) is 50.3 cm³/mol. The van der Waals surface area contributed by atoms with Crippen LogP contribution in [0.2, 0.25) is 0 Å². The van der Waals surface area contributed by atoms with Crippen molar-refractivity contribution >= 4 is 0 Å². The molecule has 3 nitrogen and oxygen atoms in total. The van der Waals surface area contributed by atoms with E-state index in [9.17, 15) is 5.11 Å². The van der Waals surface area contributed by atoms with Crippen molar-refractivity contribution in [1.82, 2.24) is 0 Å². The Balaban J connectivity index is 1.97. The fraction of sp³-hybridized carbons (Fsp3) is 1.00. The van der Waals surface area contributed by atoms with E-state index in [1.807, 2.05) is 0 Å². The van der Waals surface area contributed by atoms with Gasteiger partial charge in [-0.1, -0.05) is 6.42 Å². The van der Waals surface area contributed by atoms with Gasteiger partial charge in [-0.3, -0.25) is 0 Å². The Kier molecular flexibility index (Phi) is 2.58. The van der Waals surface area contributed by atoms with Crippen LogP contribution in [0.5, 0.6) is 0 Å². The summed E-state index contributed by atoms with van der Waals surface area (Å²) >= 11 is 0. The van der Waals surface area contributed by atoms with Crippen molar-refractivity contribution < 1.29 is 9.84 Å². The summed E-state index contributed by atoms with van der Waals surface area (Å²) in [7, 11) is 0. The number of rotatable bonds is 3. The van der Waals surface area contributed by atoms with E-state index in [1.54, 1.807) is 0 Å². The highest BCUT2D eigenvalue weighted by Gasteiger charge is 2.46. The lowest BCUT2D eigenvalue weighted by atomic mass is 9.63. The molecule has 0 spiro atoms. The van der Waals surface area contributed by atoms with Gasteiger partial charge in [0.15, 0.2) is 0 Å². The van der Waals surface area contributed by atoms with Gasteiger partial charge in [0, 0.05) is 18.6 Å². The normalized spacial score (nSPS) is 34.2. The molecule has 0 aromatic rings. The fourth-order valence-corrected chi connectivity index (χ4v) is 2.50. The minimum Gasteiger partial charge on any atom is -0.390 e. The third-order valence-electron chi connectivity index (χ3n) is 3.70. The monoisotopic (exact) mass is 185 g/mol. The average molecular weight is 185 g/mol. The van der Waals surface area contributed by atoms with Crippen LogP contribution < -0.4 is 5.73 Å². The molecule has 76 valence electrons. The van der Waals surface area contributed by atoms with Gasteiger partial charge < -0.3 is 15.6 Å². The van der Waals surface area contributed by atoms with Crippen LogP contribution in [0, 0.1) is 5.41 Å². The van der Waals surface area contributed by atoms with Gasteiger partial charge in [0.05, 0.1) is 12.2 Å². The lowest BCUT2D eigenvalue weighted by molar-refractivity contribution is -0.103.